The van der Waals surface area contributed by atoms with E-state index in [9.17, 15) is 16.8 Å². The minimum Gasteiger partial charge on any atom is -0.238 e. The summed E-state index contributed by atoms with van der Waals surface area (Å²) in [6.07, 6.45) is 3.07. The van der Waals surface area contributed by atoms with Crippen molar-refractivity contribution >= 4 is 48.1 Å². The summed E-state index contributed by atoms with van der Waals surface area (Å²) >= 11 is 7.43. The number of anilines is 1. The van der Waals surface area contributed by atoms with E-state index >= 15 is 0 Å². The van der Waals surface area contributed by atoms with Gasteiger partial charge < -0.3 is 0 Å². The molecule has 176 valence electrons. The number of piperidine rings is 1. The van der Waals surface area contributed by atoms with Gasteiger partial charge in [-0.05, 0) is 49.1 Å². The maximum Gasteiger partial charge on any atom is 0.267 e. The Morgan fingerprint density at radius 3 is 2.30 bits per heavy atom. The molecule has 0 N–H and O–H groups in total. The Labute approximate surface area is 203 Å². The molecule has 1 saturated heterocycles. The molecule has 1 aliphatic heterocycles. The largest absolute Gasteiger partial charge is 0.267 e. The van der Waals surface area contributed by atoms with Crippen LogP contribution in [-0.2, 0) is 26.5 Å². The van der Waals surface area contributed by atoms with Gasteiger partial charge in [-0.1, -0.05) is 42.8 Å². The second-order valence-electron chi connectivity index (χ2n) is 7.68. The molecule has 0 bridgehead atoms. The highest BCUT2D eigenvalue weighted by atomic mass is 35.5. The summed E-state index contributed by atoms with van der Waals surface area (Å²) in [6.45, 7) is 2.43. The Morgan fingerprint density at radius 1 is 1.06 bits per heavy atom. The zero-order chi connectivity index (χ0) is 23.6. The van der Waals surface area contributed by atoms with E-state index in [-0.39, 0.29) is 27.9 Å². The van der Waals surface area contributed by atoms with Crippen LogP contribution in [0.25, 0.3) is 0 Å². The summed E-state index contributed by atoms with van der Waals surface area (Å²) in [5.74, 6) is 0. The molecular formula is C22H24ClN3O4S3. The van der Waals surface area contributed by atoms with Gasteiger partial charge in [0.25, 0.3) is 10.0 Å². The zero-order valence-corrected chi connectivity index (χ0v) is 21.2. The van der Waals surface area contributed by atoms with E-state index in [0.29, 0.717) is 18.0 Å². The summed E-state index contributed by atoms with van der Waals surface area (Å²) in [5, 5.41) is 2.19. The lowest BCUT2D eigenvalue weighted by Gasteiger charge is -2.37. The van der Waals surface area contributed by atoms with E-state index in [0.717, 1.165) is 12.0 Å². The van der Waals surface area contributed by atoms with Crippen LogP contribution in [0.3, 0.4) is 0 Å². The van der Waals surface area contributed by atoms with Crippen molar-refractivity contribution in [3.05, 3.63) is 70.7 Å². The third kappa shape index (κ3) is 4.81. The van der Waals surface area contributed by atoms with Crippen LogP contribution < -0.4 is 4.31 Å². The molecule has 33 heavy (non-hydrogen) atoms. The first kappa shape index (κ1) is 24.2. The highest BCUT2D eigenvalue weighted by molar-refractivity contribution is 7.93. The number of nitrogens with zero attached hydrogens (tertiary/aromatic N) is 3. The topological polar surface area (TPSA) is 87.7 Å². The molecule has 1 fully saturated rings. The van der Waals surface area contributed by atoms with E-state index in [1.54, 1.807) is 35.8 Å². The van der Waals surface area contributed by atoms with Gasteiger partial charge in [0.2, 0.25) is 10.0 Å². The second kappa shape index (κ2) is 9.71. The average Bonchev–Trinajstić information content (AvgIpc) is 3.33. The van der Waals surface area contributed by atoms with Crippen LogP contribution in [0.5, 0.6) is 0 Å². The van der Waals surface area contributed by atoms with Gasteiger partial charge in [-0.25, -0.2) is 26.1 Å². The van der Waals surface area contributed by atoms with Gasteiger partial charge in [0.1, 0.15) is 4.90 Å². The highest BCUT2D eigenvalue weighted by Gasteiger charge is 2.38. The Kier molecular flexibility index (Phi) is 7.11. The fourth-order valence-corrected chi connectivity index (χ4v) is 8.48. The Morgan fingerprint density at radius 2 is 1.73 bits per heavy atom. The average molecular weight is 526 g/mol. The molecule has 0 radical (unpaired) electrons. The Hall–Kier alpha value is -1.98. The highest BCUT2D eigenvalue weighted by Crippen LogP contribution is 2.35. The number of thiazole rings is 1. The molecule has 2 aromatic carbocycles. The monoisotopic (exact) mass is 525 g/mol. The number of aromatic nitrogens is 1. The third-order valence-corrected chi connectivity index (χ3v) is 10.8. The third-order valence-electron chi connectivity index (χ3n) is 5.71. The van der Waals surface area contributed by atoms with Gasteiger partial charge in [0, 0.05) is 24.7 Å². The fourth-order valence-electron chi connectivity index (χ4n) is 3.90. The molecular weight excluding hydrogens is 502 g/mol. The number of halogens is 1. The molecule has 7 nitrogen and oxygen atoms in total. The summed E-state index contributed by atoms with van der Waals surface area (Å²) < 4.78 is 56.1. The van der Waals surface area contributed by atoms with Gasteiger partial charge in [-0.2, -0.15) is 4.31 Å². The standard InChI is InChI=1S/C22H24ClN3O4S3/c1-2-17-7-9-19(10-8-17)32(27,28)25-14-11-18(12-15-25)26(22-24-13-16-31-22)33(29,30)21-6-4-3-5-20(21)23/h3-10,13,16,18H,2,11-12,14-15H2,1H3. The van der Waals surface area contributed by atoms with Crippen LogP contribution >= 0.6 is 22.9 Å². The molecule has 0 saturated carbocycles. The molecule has 0 unspecified atom stereocenters. The van der Waals surface area contributed by atoms with Crippen molar-refractivity contribution in [3.63, 3.8) is 0 Å². The normalized spacial score (nSPS) is 16.1. The minimum absolute atomic E-state index is 0.00734. The molecule has 2 heterocycles. The smallest absolute Gasteiger partial charge is 0.238 e. The lowest BCUT2D eigenvalue weighted by molar-refractivity contribution is 0.320. The van der Waals surface area contributed by atoms with E-state index in [2.05, 4.69) is 4.98 Å². The second-order valence-corrected chi connectivity index (χ2v) is 12.7. The Balaban J connectivity index is 1.59. The molecule has 0 spiro atoms. The van der Waals surface area contributed by atoms with E-state index < -0.39 is 26.1 Å². The van der Waals surface area contributed by atoms with Crippen molar-refractivity contribution in [1.82, 2.24) is 9.29 Å². The Bertz CT molecular complexity index is 1300. The first-order valence-corrected chi connectivity index (χ1v) is 14.7. The van der Waals surface area contributed by atoms with Crippen molar-refractivity contribution in [3.8, 4) is 0 Å². The van der Waals surface area contributed by atoms with Crippen LogP contribution in [0.15, 0.2) is 69.9 Å². The summed E-state index contributed by atoms with van der Waals surface area (Å²) in [6, 6.07) is 12.8. The van der Waals surface area contributed by atoms with Gasteiger partial charge in [0.05, 0.1) is 16.0 Å². The lowest BCUT2D eigenvalue weighted by atomic mass is 10.1. The predicted octanol–water partition coefficient (Wildman–Crippen LogP) is 4.41. The van der Waals surface area contributed by atoms with Crippen molar-refractivity contribution in [2.45, 2.75) is 42.0 Å². The van der Waals surface area contributed by atoms with Crippen LogP contribution in [-0.4, -0.2) is 45.3 Å². The quantitative estimate of drug-likeness (QED) is 0.456. The zero-order valence-electron chi connectivity index (χ0n) is 18.0. The lowest BCUT2D eigenvalue weighted by Crippen LogP contribution is -2.49. The van der Waals surface area contributed by atoms with Crippen molar-refractivity contribution in [1.29, 1.82) is 0 Å². The van der Waals surface area contributed by atoms with Crippen molar-refractivity contribution in [2.75, 3.05) is 17.4 Å². The first-order chi connectivity index (χ1) is 15.7. The number of sulfonamides is 2. The van der Waals surface area contributed by atoms with Crippen LogP contribution in [0, 0.1) is 0 Å². The molecule has 0 atom stereocenters. The van der Waals surface area contributed by atoms with Crippen LogP contribution in [0.4, 0.5) is 5.13 Å². The number of hydrogen-bond acceptors (Lipinski definition) is 6. The summed E-state index contributed by atoms with van der Waals surface area (Å²) in [5.41, 5.74) is 1.07. The van der Waals surface area contributed by atoms with Gasteiger partial charge in [0.15, 0.2) is 5.13 Å². The molecule has 11 heteroatoms. The summed E-state index contributed by atoms with van der Waals surface area (Å²) in [7, 11) is -7.64. The van der Waals surface area contributed by atoms with Crippen LogP contribution in [0.2, 0.25) is 5.02 Å². The number of aryl methyl sites for hydroxylation is 1. The number of rotatable bonds is 7. The molecule has 0 amide bonds. The fraction of sp³-hybridized carbons (Fsp3) is 0.318. The van der Waals surface area contributed by atoms with E-state index in [1.165, 1.54) is 32.1 Å². The van der Waals surface area contributed by atoms with Crippen molar-refractivity contribution < 1.29 is 16.8 Å². The molecule has 1 aromatic heterocycles. The molecule has 0 aliphatic carbocycles. The summed E-state index contributed by atoms with van der Waals surface area (Å²) in [4.78, 5) is 4.49. The van der Waals surface area contributed by atoms with E-state index in [1.807, 2.05) is 19.1 Å². The van der Waals surface area contributed by atoms with Crippen molar-refractivity contribution in [2.24, 2.45) is 0 Å². The predicted molar refractivity (Wildman–Crippen MR) is 131 cm³/mol. The SMILES string of the molecule is CCc1ccc(S(=O)(=O)N2CCC(N(c3nccs3)S(=O)(=O)c3ccccc3Cl)CC2)cc1. The molecule has 4 rings (SSSR count). The molecule has 3 aromatic rings. The minimum atomic E-state index is -3.99. The van der Waals surface area contributed by atoms with Crippen LogP contribution in [0.1, 0.15) is 25.3 Å². The molecule has 1 aliphatic rings. The van der Waals surface area contributed by atoms with Gasteiger partial charge >= 0.3 is 0 Å². The maximum absolute atomic E-state index is 13.6. The van der Waals surface area contributed by atoms with Gasteiger partial charge in [-0.3, -0.25) is 0 Å². The number of hydrogen-bond donors (Lipinski definition) is 0. The van der Waals surface area contributed by atoms with Gasteiger partial charge in [-0.15, -0.1) is 11.3 Å². The van der Waals surface area contributed by atoms with E-state index in [4.69, 9.17) is 11.6 Å². The first-order valence-electron chi connectivity index (χ1n) is 10.5. The maximum atomic E-state index is 13.6. The number of benzene rings is 2.